The van der Waals surface area contributed by atoms with Crippen molar-refractivity contribution in [3.8, 4) is 0 Å². The van der Waals surface area contributed by atoms with Crippen molar-refractivity contribution >= 4 is 0 Å². The zero-order chi connectivity index (χ0) is 13.8. The van der Waals surface area contributed by atoms with Crippen molar-refractivity contribution in [3.63, 3.8) is 0 Å². The zero-order valence-electron chi connectivity index (χ0n) is 12.1. The van der Waals surface area contributed by atoms with E-state index in [1.165, 1.54) is 11.3 Å². The van der Waals surface area contributed by atoms with E-state index in [0.717, 1.165) is 37.4 Å². The molecule has 6 heteroatoms. The first kappa shape index (κ1) is 13.7. The van der Waals surface area contributed by atoms with E-state index < -0.39 is 0 Å². The highest BCUT2D eigenvalue weighted by Gasteiger charge is 2.09. The third kappa shape index (κ3) is 3.01. The summed E-state index contributed by atoms with van der Waals surface area (Å²) in [6.07, 6.45) is 3.01. The minimum absolute atomic E-state index is 0.750. The van der Waals surface area contributed by atoms with Crippen molar-refractivity contribution in [3.05, 3.63) is 28.8 Å². The van der Waals surface area contributed by atoms with Crippen LogP contribution in [0.2, 0.25) is 0 Å². The molecular weight excluding hydrogens is 240 g/mol. The highest BCUT2D eigenvalue weighted by atomic mass is 15.4. The number of rotatable bonds is 6. The molecule has 2 aromatic heterocycles. The van der Waals surface area contributed by atoms with Gasteiger partial charge in [0, 0.05) is 18.4 Å². The Kier molecular flexibility index (Phi) is 4.31. The van der Waals surface area contributed by atoms with Gasteiger partial charge in [-0.25, -0.2) is 0 Å². The van der Waals surface area contributed by atoms with E-state index in [4.69, 9.17) is 0 Å². The quantitative estimate of drug-likeness (QED) is 0.846. The standard InChI is InChI=1S/C13H22N6/c1-5-13-10(2)16-19(11(13)3)7-6-18-9-12(8-14-4)15-17-18/h9,14H,5-8H2,1-4H3. The summed E-state index contributed by atoms with van der Waals surface area (Å²) in [6, 6.07) is 0. The number of hydrogen-bond donors (Lipinski definition) is 1. The maximum absolute atomic E-state index is 4.58. The molecule has 0 fully saturated rings. The van der Waals surface area contributed by atoms with Gasteiger partial charge in [0.05, 0.1) is 24.5 Å². The van der Waals surface area contributed by atoms with Gasteiger partial charge >= 0.3 is 0 Å². The lowest BCUT2D eigenvalue weighted by molar-refractivity contribution is 0.481. The van der Waals surface area contributed by atoms with Crippen LogP contribution in [0.4, 0.5) is 0 Å². The fraction of sp³-hybridized carbons (Fsp3) is 0.615. The van der Waals surface area contributed by atoms with Gasteiger partial charge in [-0.2, -0.15) is 5.10 Å². The monoisotopic (exact) mass is 262 g/mol. The topological polar surface area (TPSA) is 60.6 Å². The second-order valence-corrected chi connectivity index (χ2v) is 4.73. The Morgan fingerprint density at radius 2 is 2.05 bits per heavy atom. The Hall–Kier alpha value is -1.69. The molecule has 0 saturated heterocycles. The van der Waals surface area contributed by atoms with Gasteiger partial charge in [-0.15, -0.1) is 5.10 Å². The Balaban J connectivity index is 2.01. The van der Waals surface area contributed by atoms with Gasteiger partial charge in [0.1, 0.15) is 0 Å². The average molecular weight is 262 g/mol. The van der Waals surface area contributed by atoms with Crippen molar-refractivity contribution in [2.45, 2.75) is 46.8 Å². The molecule has 2 rings (SSSR count). The predicted molar refractivity (Wildman–Crippen MR) is 73.9 cm³/mol. The molecule has 0 amide bonds. The van der Waals surface area contributed by atoms with Crippen molar-refractivity contribution in [2.24, 2.45) is 0 Å². The fourth-order valence-electron chi connectivity index (χ4n) is 2.37. The predicted octanol–water partition coefficient (Wildman–Crippen LogP) is 1.07. The van der Waals surface area contributed by atoms with Gasteiger partial charge in [0.2, 0.25) is 0 Å². The van der Waals surface area contributed by atoms with E-state index in [1.807, 2.05) is 17.9 Å². The number of aromatic nitrogens is 5. The third-order valence-electron chi connectivity index (χ3n) is 3.37. The first-order valence-electron chi connectivity index (χ1n) is 6.72. The molecule has 0 aliphatic carbocycles. The summed E-state index contributed by atoms with van der Waals surface area (Å²) in [6.45, 7) is 8.75. The normalized spacial score (nSPS) is 11.2. The molecule has 19 heavy (non-hydrogen) atoms. The Morgan fingerprint density at radius 3 is 2.68 bits per heavy atom. The Morgan fingerprint density at radius 1 is 1.26 bits per heavy atom. The second kappa shape index (κ2) is 5.97. The molecule has 0 saturated carbocycles. The van der Waals surface area contributed by atoms with E-state index in [-0.39, 0.29) is 0 Å². The summed E-state index contributed by atoms with van der Waals surface area (Å²) in [5.41, 5.74) is 4.71. The van der Waals surface area contributed by atoms with Crippen molar-refractivity contribution in [1.82, 2.24) is 30.1 Å². The molecule has 0 aromatic carbocycles. The molecular formula is C13H22N6. The lowest BCUT2D eigenvalue weighted by Crippen LogP contribution is -2.11. The molecule has 0 bridgehead atoms. The van der Waals surface area contributed by atoms with Gasteiger partial charge in [-0.05, 0) is 32.9 Å². The first-order valence-corrected chi connectivity index (χ1v) is 6.72. The molecule has 0 radical (unpaired) electrons. The summed E-state index contributed by atoms with van der Waals surface area (Å²) in [5.74, 6) is 0. The fourth-order valence-corrected chi connectivity index (χ4v) is 2.37. The highest BCUT2D eigenvalue weighted by molar-refractivity contribution is 5.24. The molecule has 0 atom stereocenters. The average Bonchev–Trinajstić information content (AvgIpc) is 2.93. The van der Waals surface area contributed by atoms with E-state index >= 15 is 0 Å². The molecule has 0 aliphatic heterocycles. The molecule has 0 aliphatic rings. The number of hydrogen-bond acceptors (Lipinski definition) is 4. The lowest BCUT2D eigenvalue weighted by atomic mass is 10.1. The highest BCUT2D eigenvalue weighted by Crippen LogP contribution is 2.13. The van der Waals surface area contributed by atoms with Crippen LogP contribution in [-0.4, -0.2) is 31.8 Å². The second-order valence-electron chi connectivity index (χ2n) is 4.73. The maximum atomic E-state index is 4.58. The summed E-state index contributed by atoms with van der Waals surface area (Å²) < 4.78 is 3.93. The molecule has 2 heterocycles. The first-order chi connectivity index (χ1) is 9.15. The molecule has 0 unspecified atom stereocenters. The SMILES string of the molecule is CCc1c(C)nn(CCn2cc(CNC)nn2)c1C. The maximum Gasteiger partial charge on any atom is 0.0964 e. The van der Waals surface area contributed by atoms with Crippen molar-refractivity contribution < 1.29 is 0 Å². The molecule has 2 aromatic rings. The van der Waals surface area contributed by atoms with Crippen LogP contribution in [-0.2, 0) is 26.1 Å². The van der Waals surface area contributed by atoms with Gasteiger partial charge in [-0.1, -0.05) is 12.1 Å². The minimum Gasteiger partial charge on any atom is -0.314 e. The molecule has 6 nitrogen and oxygen atoms in total. The zero-order valence-corrected chi connectivity index (χ0v) is 12.1. The van der Waals surface area contributed by atoms with Crippen LogP contribution in [0.25, 0.3) is 0 Å². The Bertz CT molecular complexity index is 539. The summed E-state index contributed by atoms with van der Waals surface area (Å²) >= 11 is 0. The van der Waals surface area contributed by atoms with E-state index in [0.29, 0.717) is 0 Å². The van der Waals surface area contributed by atoms with Gasteiger partial charge in [0.15, 0.2) is 0 Å². The van der Waals surface area contributed by atoms with Crippen LogP contribution in [0.1, 0.15) is 29.6 Å². The number of aryl methyl sites for hydroxylation is 3. The van der Waals surface area contributed by atoms with E-state index in [1.54, 1.807) is 0 Å². The molecule has 104 valence electrons. The summed E-state index contributed by atoms with van der Waals surface area (Å²) in [4.78, 5) is 0. The largest absolute Gasteiger partial charge is 0.314 e. The number of nitrogens with one attached hydrogen (secondary N) is 1. The van der Waals surface area contributed by atoms with Crippen LogP contribution < -0.4 is 5.32 Å². The van der Waals surface area contributed by atoms with Crippen LogP contribution >= 0.6 is 0 Å². The summed E-state index contributed by atoms with van der Waals surface area (Å²) in [5, 5.41) is 15.9. The van der Waals surface area contributed by atoms with Crippen molar-refractivity contribution in [1.29, 1.82) is 0 Å². The van der Waals surface area contributed by atoms with Crippen LogP contribution in [0.5, 0.6) is 0 Å². The smallest absolute Gasteiger partial charge is 0.0964 e. The van der Waals surface area contributed by atoms with Crippen LogP contribution in [0.15, 0.2) is 6.20 Å². The van der Waals surface area contributed by atoms with Gasteiger partial charge in [0.25, 0.3) is 0 Å². The molecule has 1 N–H and O–H groups in total. The third-order valence-corrected chi connectivity index (χ3v) is 3.37. The van der Waals surface area contributed by atoms with Gasteiger partial charge < -0.3 is 5.32 Å². The van der Waals surface area contributed by atoms with E-state index in [9.17, 15) is 0 Å². The Labute approximate surface area is 113 Å². The lowest BCUT2D eigenvalue weighted by Gasteiger charge is -2.04. The van der Waals surface area contributed by atoms with Crippen molar-refractivity contribution in [2.75, 3.05) is 7.05 Å². The van der Waals surface area contributed by atoms with E-state index in [2.05, 4.69) is 46.2 Å². The molecule has 0 spiro atoms. The van der Waals surface area contributed by atoms with Crippen LogP contribution in [0, 0.1) is 13.8 Å². The van der Waals surface area contributed by atoms with Crippen LogP contribution in [0.3, 0.4) is 0 Å². The minimum atomic E-state index is 0.750. The summed E-state index contributed by atoms with van der Waals surface area (Å²) in [7, 11) is 1.90. The number of nitrogens with zero attached hydrogens (tertiary/aromatic N) is 5. The van der Waals surface area contributed by atoms with Gasteiger partial charge in [-0.3, -0.25) is 9.36 Å².